The van der Waals surface area contributed by atoms with Gasteiger partial charge in [-0.3, -0.25) is 4.90 Å². The van der Waals surface area contributed by atoms with Gasteiger partial charge in [0.1, 0.15) is 5.75 Å². The SMILES string of the molecule is CC1CCCN(Cc2cccc(O)c2)CC1. The number of phenolic OH excluding ortho intramolecular Hbond substituents is 1. The molecule has 2 nitrogen and oxygen atoms in total. The molecule has 88 valence electrons. The van der Waals surface area contributed by atoms with Crippen molar-refractivity contribution in [2.75, 3.05) is 13.1 Å². The molecule has 0 radical (unpaired) electrons. The normalized spacial score (nSPS) is 22.9. The summed E-state index contributed by atoms with van der Waals surface area (Å²) in [5, 5.41) is 9.42. The van der Waals surface area contributed by atoms with E-state index in [0.29, 0.717) is 5.75 Å². The Bertz CT molecular complexity index is 337. The van der Waals surface area contributed by atoms with Crippen molar-refractivity contribution >= 4 is 0 Å². The Hall–Kier alpha value is -1.02. The maximum absolute atomic E-state index is 9.42. The summed E-state index contributed by atoms with van der Waals surface area (Å²) in [6.07, 6.45) is 3.97. The highest BCUT2D eigenvalue weighted by atomic mass is 16.3. The van der Waals surface area contributed by atoms with Crippen LogP contribution in [0.2, 0.25) is 0 Å². The van der Waals surface area contributed by atoms with Gasteiger partial charge in [-0.1, -0.05) is 19.1 Å². The molecule has 1 aliphatic rings. The quantitative estimate of drug-likeness (QED) is 0.826. The zero-order valence-electron chi connectivity index (χ0n) is 10.0. The molecule has 1 N–H and O–H groups in total. The lowest BCUT2D eigenvalue weighted by Gasteiger charge is -2.19. The van der Waals surface area contributed by atoms with Crippen LogP contribution in [0.5, 0.6) is 5.75 Å². The van der Waals surface area contributed by atoms with Crippen LogP contribution in [-0.4, -0.2) is 23.1 Å². The van der Waals surface area contributed by atoms with Gasteiger partial charge < -0.3 is 5.11 Å². The van der Waals surface area contributed by atoms with Gasteiger partial charge >= 0.3 is 0 Å². The van der Waals surface area contributed by atoms with Crippen molar-refractivity contribution in [2.45, 2.75) is 32.7 Å². The summed E-state index contributed by atoms with van der Waals surface area (Å²) in [4.78, 5) is 2.50. The molecule has 16 heavy (non-hydrogen) atoms. The largest absolute Gasteiger partial charge is 0.508 e. The highest BCUT2D eigenvalue weighted by molar-refractivity contribution is 5.26. The lowest BCUT2D eigenvalue weighted by atomic mass is 10.0. The van der Waals surface area contributed by atoms with E-state index in [0.717, 1.165) is 12.5 Å². The molecule has 2 heteroatoms. The van der Waals surface area contributed by atoms with Gasteiger partial charge in [0.25, 0.3) is 0 Å². The molecule has 0 spiro atoms. The van der Waals surface area contributed by atoms with Crippen molar-refractivity contribution in [3.63, 3.8) is 0 Å². The van der Waals surface area contributed by atoms with E-state index in [-0.39, 0.29) is 0 Å². The minimum Gasteiger partial charge on any atom is -0.508 e. The topological polar surface area (TPSA) is 23.5 Å². The highest BCUT2D eigenvalue weighted by Crippen LogP contribution is 2.19. The summed E-state index contributed by atoms with van der Waals surface area (Å²) < 4.78 is 0. The first-order valence-electron chi connectivity index (χ1n) is 6.24. The standard InChI is InChI=1S/C14H21NO/c1-12-4-3-8-15(9-7-12)11-13-5-2-6-14(16)10-13/h2,5-6,10,12,16H,3-4,7-9,11H2,1H3. The Morgan fingerprint density at radius 1 is 1.31 bits per heavy atom. The van der Waals surface area contributed by atoms with Crippen molar-refractivity contribution in [1.29, 1.82) is 0 Å². The average molecular weight is 219 g/mol. The van der Waals surface area contributed by atoms with Crippen LogP contribution in [0.3, 0.4) is 0 Å². The van der Waals surface area contributed by atoms with Crippen LogP contribution in [0, 0.1) is 5.92 Å². The Morgan fingerprint density at radius 3 is 3.00 bits per heavy atom. The van der Waals surface area contributed by atoms with Gasteiger partial charge in [0.05, 0.1) is 0 Å². The molecule has 1 unspecified atom stereocenters. The van der Waals surface area contributed by atoms with Crippen LogP contribution in [0.4, 0.5) is 0 Å². The van der Waals surface area contributed by atoms with Crippen molar-refractivity contribution in [2.24, 2.45) is 5.92 Å². The second kappa shape index (κ2) is 5.35. The third kappa shape index (κ3) is 3.24. The molecule has 0 amide bonds. The third-order valence-corrected chi connectivity index (χ3v) is 3.43. The van der Waals surface area contributed by atoms with Gasteiger partial charge in [0, 0.05) is 6.54 Å². The minimum atomic E-state index is 0.376. The first-order valence-corrected chi connectivity index (χ1v) is 6.24. The number of likely N-dealkylation sites (tertiary alicyclic amines) is 1. The second-order valence-electron chi connectivity index (χ2n) is 4.98. The minimum absolute atomic E-state index is 0.376. The van der Waals surface area contributed by atoms with Gasteiger partial charge in [0.15, 0.2) is 0 Å². The summed E-state index contributed by atoms with van der Waals surface area (Å²) in [7, 11) is 0. The summed E-state index contributed by atoms with van der Waals surface area (Å²) >= 11 is 0. The number of hydrogen-bond acceptors (Lipinski definition) is 2. The molecule has 1 aliphatic heterocycles. The van der Waals surface area contributed by atoms with E-state index in [1.54, 1.807) is 6.07 Å². The predicted octanol–water partition coefficient (Wildman–Crippen LogP) is 3.01. The van der Waals surface area contributed by atoms with Crippen molar-refractivity contribution in [3.8, 4) is 5.75 Å². The van der Waals surface area contributed by atoms with Gasteiger partial charge in [-0.2, -0.15) is 0 Å². The van der Waals surface area contributed by atoms with Crippen LogP contribution in [0.25, 0.3) is 0 Å². The Morgan fingerprint density at radius 2 is 2.19 bits per heavy atom. The van der Waals surface area contributed by atoms with E-state index in [9.17, 15) is 5.11 Å². The number of rotatable bonds is 2. The summed E-state index contributed by atoms with van der Waals surface area (Å²) in [6.45, 7) is 5.70. The third-order valence-electron chi connectivity index (χ3n) is 3.43. The van der Waals surface area contributed by atoms with Crippen LogP contribution in [-0.2, 0) is 6.54 Å². The zero-order chi connectivity index (χ0) is 11.4. The Balaban J connectivity index is 1.93. The van der Waals surface area contributed by atoms with Gasteiger partial charge in [-0.05, 0) is 56.0 Å². The van der Waals surface area contributed by atoms with Gasteiger partial charge in [-0.15, -0.1) is 0 Å². The fourth-order valence-corrected chi connectivity index (χ4v) is 2.39. The highest BCUT2D eigenvalue weighted by Gasteiger charge is 2.13. The van der Waals surface area contributed by atoms with Crippen LogP contribution in [0.1, 0.15) is 31.7 Å². The van der Waals surface area contributed by atoms with E-state index in [2.05, 4.69) is 17.9 Å². The number of benzene rings is 1. The van der Waals surface area contributed by atoms with E-state index in [1.165, 1.54) is 37.9 Å². The molecule has 1 saturated heterocycles. The van der Waals surface area contributed by atoms with E-state index in [1.807, 2.05) is 12.1 Å². The molecule has 0 aromatic heterocycles. The number of aromatic hydroxyl groups is 1. The molecule has 0 aliphatic carbocycles. The molecule has 0 bridgehead atoms. The van der Waals surface area contributed by atoms with Crippen LogP contribution < -0.4 is 0 Å². The molecule has 1 heterocycles. The monoisotopic (exact) mass is 219 g/mol. The molecule has 1 aromatic rings. The lowest BCUT2D eigenvalue weighted by Crippen LogP contribution is -2.24. The second-order valence-corrected chi connectivity index (χ2v) is 4.98. The van der Waals surface area contributed by atoms with E-state index < -0.39 is 0 Å². The molecule has 1 aromatic carbocycles. The summed E-state index contributed by atoms with van der Waals surface area (Å²) in [5.74, 6) is 1.25. The smallest absolute Gasteiger partial charge is 0.115 e. The van der Waals surface area contributed by atoms with Crippen molar-refractivity contribution in [3.05, 3.63) is 29.8 Å². The lowest BCUT2D eigenvalue weighted by molar-refractivity contribution is 0.273. The zero-order valence-corrected chi connectivity index (χ0v) is 10.0. The number of phenols is 1. The van der Waals surface area contributed by atoms with Crippen LogP contribution >= 0.6 is 0 Å². The van der Waals surface area contributed by atoms with Gasteiger partial charge in [0.2, 0.25) is 0 Å². The molecule has 2 rings (SSSR count). The summed E-state index contributed by atoms with van der Waals surface area (Å²) in [6, 6.07) is 7.61. The molecule has 1 fully saturated rings. The van der Waals surface area contributed by atoms with Crippen LogP contribution in [0.15, 0.2) is 24.3 Å². The molecule has 0 saturated carbocycles. The van der Waals surface area contributed by atoms with E-state index in [4.69, 9.17) is 0 Å². The predicted molar refractivity (Wildman–Crippen MR) is 66.4 cm³/mol. The maximum Gasteiger partial charge on any atom is 0.115 e. The van der Waals surface area contributed by atoms with Gasteiger partial charge in [-0.25, -0.2) is 0 Å². The molecule has 1 atom stereocenters. The Kier molecular flexibility index (Phi) is 3.83. The molecular formula is C14H21NO. The average Bonchev–Trinajstić information content (AvgIpc) is 2.44. The fraction of sp³-hybridized carbons (Fsp3) is 0.571. The molecular weight excluding hydrogens is 198 g/mol. The number of nitrogens with zero attached hydrogens (tertiary/aromatic N) is 1. The summed E-state index contributed by atoms with van der Waals surface area (Å²) in [5.41, 5.74) is 1.22. The first-order chi connectivity index (χ1) is 7.74. The Labute approximate surface area is 97.9 Å². The fourth-order valence-electron chi connectivity index (χ4n) is 2.39. The van der Waals surface area contributed by atoms with E-state index >= 15 is 0 Å². The van der Waals surface area contributed by atoms with Crippen molar-refractivity contribution in [1.82, 2.24) is 4.90 Å². The van der Waals surface area contributed by atoms with Crippen molar-refractivity contribution < 1.29 is 5.11 Å². The first kappa shape index (κ1) is 11.5. The maximum atomic E-state index is 9.42. The number of hydrogen-bond donors (Lipinski definition) is 1.